The van der Waals surface area contributed by atoms with Gasteiger partial charge in [-0.2, -0.15) is 0 Å². The molecule has 2 N–H and O–H groups in total. The van der Waals surface area contributed by atoms with Crippen LogP contribution in [-0.2, 0) is 19.1 Å². The molecule has 8 heteroatoms. The number of carbonyl (C=O) groups excluding carboxylic acids is 3. The first kappa shape index (κ1) is 23.1. The van der Waals surface area contributed by atoms with Crippen molar-refractivity contribution < 1.29 is 24.2 Å². The van der Waals surface area contributed by atoms with Gasteiger partial charge in [0, 0.05) is 11.8 Å². The van der Waals surface area contributed by atoms with E-state index in [2.05, 4.69) is 12.2 Å². The first-order valence-electron chi connectivity index (χ1n) is 11.6. The summed E-state index contributed by atoms with van der Waals surface area (Å²) in [7, 11) is 0. The van der Waals surface area contributed by atoms with Gasteiger partial charge in [0.05, 0.1) is 35.8 Å². The minimum atomic E-state index is -0.733. The lowest BCUT2D eigenvalue weighted by atomic mass is 9.71. The van der Waals surface area contributed by atoms with Crippen LogP contribution in [0.25, 0.3) is 0 Å². The molecular weight excluding hydrogens is 428 g/mol. The molecule has 2 unspecified atom stereocenters. The summed E-state index contributed by atoms with van der Waals surface area (Å²) < 4.78 is 4.67. The summed E-state index contributed by atoms with van der Waals surface area (Å²) in [6.07, 6.45) is 3.28. The van der Waals surface area contributed by atoms with Gasteiger partial charge in [-0.25, -0.2) is 0 Å². The second-order valence-electron chi connectivity index (χ2n) is 8.81. The molecule has 1 aromatic carbocycles. The van der Waals surface area contributed by atoms with Gasteiger partial charge >= 0.3 is 5.97 Å². The van der Waals surface area contributed by atoms with Crippen LogP contribution in [0.1, 0.15) is 51.1 Å². The Bertz CT molecular complexity index is 865. The summed E-state index contributed by atoms with van der Waals surface area (Å²) >= 11 is 1.61. The Labute approximate surface area is 193 Å². The number of nitrogens with zero attached hydrogens (tertiary/aromatic N) is 1. The molecule has 3 fully saturated rings. The maximum absolute atomic E-state index is 13.9. The Hall–Kier alpha value is -2.06. The molecule has 3 aliphatic rings. The van der Waals surface area contributed by atoms with Crippen molar-refractivity contribution in [1.82, 2.24) is 10.2 Å². The van der Waals surface area contributed by atoms with Crippen molar-refractivity contribution in [2.24, 2.45) is 11.8 Å². The largest absolute Gasteiger partial charge is 0.466 e. The number of rotatable bonds is 9. The zero-order valence-electron chi connectivity index (χ0n) is 18.7. The number of likely N-dealkylation sites (tertiary alicyclic amines) is 1. The number of amides is 2. The van der Waals surface area contributed by atoms with Gasteiger partial charge in [0.15, 0.2) is 0 Å². The highest BCUT2D eigenvalue weighted by atomic mass is 32.2. The number of thioether (sulfide) groups is 1. The molecule has 4 rings (SSSR count). The van der Waals surface area contributed by atoms with Crippen molar-refractivity contribution in [1.29, 1.82) is 0 Å². The lowest BCUT2D eigenvalue weighted by molar-refractivity contribution is -0.154. The van der Waals surface area contributed by atoms with Crippen LogP contribution in [0.5, 0.6) is 0 Å². The van der Waals surface area contributed by atoms with E-state index in [-0.39, 0.29) is 36.2 Å². The van der Waals surface area contributed by atoms with Gasteiger partial charge in [-0.15, -0.1) is 11.8 Å². The number of benzene rings is 1. The lowest BCUT2D eigenvalue weighted by Crippen LogP contribution is -2.54. The van der Waals surface area contributed by atoms with E-state index in [9.17, 15) is 19.5 Å². The average molecular weight is 461 g/mol. The molecule has 1 spiro atoms. The van der Waals surface area contributed by atoms with Crippen molar-refractivity contribution in [2.75, 3.05) is 19.8 Å². The van der Waals surface area contributed by atoms with Crippen LogP contribution in [0.4, 0.5) is 0 Å². The van der Waals surface area contributed by atoms with Crippen molar-refractivity contribution in [3.63, 3.8) is 0 Å². The third kappa shape index (κ3) is 3.61. The standard InChI is InChI=1S/C24H32N2O5S/c1-3-5-13-25-21(28)20-24-12-11-17(32-24)18(23(30)31-4-2)19(24)22(29)26(20)16(14-27)15-9-7-6-8-10-15/h6-10,16-20,27H,3-5,11-14H2,1-2H3,(H,25,28)/t16-,17-,18+,19+,20?,24?/m1/s1. The Morgan fingerprint density at radius 3 is 2.72 bits per heavy atom. The fourth-order valence-electron chi connectivity index (χ4n) is 5.75. The van der Waals surface area contributed by atoms with Gasteiger partial charge < -0.3 is 20.1 Å². The number of aliphatic hydroxyl groups excluding tert-OH is 1. The van der Waals surface area contributed by atoms with Gasteiger partial charge in [-0.3, -0.25) is 14.4 Å². The number of nitrogens with one attached hydrogen (secondary N) is 1. The molecule has 3 aliphatic heterocycles. The summed E-state index contributed by atoms with van der Waals surface area (Å²) in [4.78, 5) is 41.9. The van der Waals surface area contributed by atoms with Gasteiger partial charge in [-0.1, -0.05) is 43.7 Å². The zero-order valence-corrected chi connectivity index (χ0v) is 19.5. The maximum atomic E-state index is 13.9. The molecule has 3 heterocycles. The van der Waals surface area contributed by atoms with Crippen LogP contribution >= 0.6 is 11.8 Å². The van der Waals surface area contributed by atoms with Crippen LogP contribution in [0, 0.1) is 11.8 Å². The maximum Gasteiger partial charge on any atom is 0.310 e. The first-order chi connectivity index (χ1) is 15.5. The Morgan fingerprint density at radius 2 is 2.06 bits per heavy atom. The highest BCUT2D eigenvalue weighted by Gasteiger charge is 2.74. The van der Waals surface area contributed by atoms with Crippen LogP contribution in [0.2, 0.25) is 0 Å². The average Bonchev–Trinajstić information content (AvgIpc) is 3.43. The van der Waals surface area contributed by atoms with E-state index < -0.39 is 28.7 Å². The first-order valence-corrected chi connectivity index (χ1v) is 12.5. The van der Waals surface area contributed by atoms with Crippen LogP contribution < -0.4 is 5.32 Å². The molecule has 0 aliphatic carbocycles. The molecular formula is C24H32N2O5S. The molecule has 32 heavy (non-hydrogen) atoms. The van der Waals surface area contributed by atoms with E-state index in [1.165, 1.54) is 0 Å². The SMILES string of the molecule is CCCCNC(=O)C1N([C@H](CO)c2ccccc2)C(=O)[C@@H]2[C@@H](C(=O)OCC)[C@H]3CCC12S3. The number of hydrogen-bond acceptors (Lipinski definition) is 6. The van der Waals surface area contributed by atoms with Gasteiger partial charge in [0.1, 0.15) is 6.04 Å². The van der Waals surface area contributed by atoms with Gasteiger partial charge in [0.25, 0.3) is 0 Å². The predicted molar refractivity (Wildman–Crippen MR) is 122 cm³/mol. The topological polar surface area (TPSA) is 95.9 Å². The summed E-state index contributed by atoms with van der Waals surface area (Å²) in [6, 6.07) is 7.93. The molecule has 1 aromatic rings. The minimum Gasteiger partial charge on any atom is -0.466 e. The van der Waals surface area contributed by atoms with Crippen LogP contribution in [0.15, 0.2) is 30.3 Å². The number of fused-ring (bicyclic) bond motifs is 1. The molecule has 7 nitrogen and oxygen atoms in total. The highest BCUT2D eigenvalue weighted by molar-refractivity contribution is 8.02. The number of ether oxygens (including phenoxy) is 1. The van der Waals surface area contributed by atoms with Crippen molar-refractivity contribution >= 4 is 29.5 Å². The smallest absolute Gasteiger partial charge is 0.310 e. The summed E-state index contributed by atoms with van der Waals surface area (Å²) in [5.74, 6) is -1.92. The fourth-order valence-corrected chi connectivity index (χ4v) is 7.94. The summed E-state index contributed by atoms with van der Waals surface area (Å²) in [5, 5.41) is 13.3. The third-order valence-corrected chi connectivity index (χ3v) is 9.02. The van der Waals surface area contributed by atoms with Crippen molar-refractivity contribution in [2.45, 2.75) is 61.6 Å². The molecule has 2 amide bonds. The number of carbonyl (C=O) groups is 3. The second kappa shape index (κ2) is 9.43. The van der Waals surface area contributed by atoms with E-state index >= 15 is 0 Å². The van der Waals surface area contributed by atoms with E-state index in [4.69, 9.17) is 4.74 Å². The van der Waals surface area contributed by atoms with Gasteiger partial charge in [-0.05, 0) is 31.7 Å². The van der Waals surface area contributed by atoms with E-state index in [1.54, 1.807) is 23.6 Å². The highest BCUT2D eigenvalue weighted by Crippen LogP contribution is 2.67. The van der Waals surface area contributed by atoms with E-state index in [1.807, 2.05) is 30.3 Å². The predicted octanol–water partition coefficient (Wildman–Crippen LogP) is 2.29. The third-order valence-electron chi connectivity index (χ3n) is 7.07. The number of unbranched alkanes of at least 4 members (excludes halogenated alkanes) is 1. The Kier molecular flexibility index (Phi) is 6.81. The zero-order chi connectivity index (χ0) is 22.9. The number of aliphatic hydroxyl groups is 1. The minimum absolute atomic E-state index is 0.0135. The number of hydrogen-bond donors (Lipinski definition) is 2. The molecule has 0 saturated carbocycles. The second-order valence-corrected chi connectivity index (χ2v) is 10.4. The normalized spacial score (nSPS) is 31.5. The van der Waals surface area contributed by atoms with E-state index in [0.29, 0.717) is 13.0 Å². The number of esters is 1. The molecule has 0 radical (unpaired) electrons. The van der Waals surface area contributed by atoms with Gasteiger partial charge in [0.2, 0.25) is 11.8 Å². The molecule has 0 aromatic heterocycles. The van der Waals surface area contributed by atoms with Crippen LogP contribution in [0.3, 0.4) is 0 Å². The van der Waals surface area contributed by atoms with Crippen LogP contribution in [-0.4, -0.2) is 63.6 Å². The molecule has 6 atom stereocenters. The summed E-state index contributed by atoms with van der Waals surface area (Å²) in [6.45, 7) is 4.32. The molecule has 174 valence electrons. The van der Waals surface area contributed by atoms with Crippen molar-refractivity contribution in [3.05, 3.63) is 35.9 Å². The monoisotopic (exact) mass is 460 g/mol. The fraction of sp³-hybridized carbons (Fsp3) is 0.625. The Morgan fingerprint density at radius 1 is 1.31 bits per heavy atom. The molecule has 2 bridgehead atoms. The molecule has 3 saturated heterocycles. The summed E-state index contributed by atoms with van der Waals surface area (Å²) in [5.41, 5.74) is 0.776. The lowest BCUT2D eigenvalue weighted by Gasteiger charge is -2.37. The van der Waals surface area contributed by atoms with Crippen molar-refractivity contribution in [3.8, 4) is 0 Å². The van der Waals surface area contributed by atoms with E-state index in [0.717, 1.165) is 24.8 Å². The quantitative estimate of drug-likeness (QED) is 0.434. The Balaban J connectivity index is 1.75.